The number of esters is 1. The summed E-state index contributed by atoms with van der Waals surface area (Å²) in [5.74, 6) is 1.15. The van der Waals surface area contributed by atoms with Crippen molar-refractivity contribution in [1.29, 1.82) is 0 Å². The molecule has 2 saturated heterocycles. The van der Waals surface area contributed by atoms with Crippen LogP contribution in [0, 0.1) is 23.7 Å². The maximum absolute atomic E-state index is 12.7. The molecule has 3 rings (SSSR count). The zero-order valence-corrected chi connectivity index (χ0v) is 33.4. The molecule has 0 aromatic rings. The number of carbonyl (C=O) groups excluding carboxylic acids is 4. The summed E-state index contributed by atoms with van der Waals surface area (Å²) in [5, 5.41) is 0. The van der Waals surface area contributed by atoms with Gasteiger partial charge in [0, 0.05) is 23.3 Å². The first-order valence-electron chi connectivity index (χ1n) is 21.2. The summed E-state index contributed by atoms with van der Waals surface area (Å²) in [6, 6.07) is 0. The Labute approximate surface area is 311 Å². The van der Waals surface area contributed by atoms with Crippen molar-refractivity contribution >= 4 is 23.3 Å². The van der Waals surface area contributed by atoms with Crippen molar-refractivity contribution in [1.82, 2.24) is 0 Å². The smallest absolute Gasteiger partial charge is 0.334 e. The molecular weight excluding hydrogens is 640 g/mol. The van der Waals surface area contributed by atoms with Crippen LogP contribution < -0.4 is 0 Å². The molecule has 0 amide bonds. The SMILES string of the molecule is CCCCCC[C@@H](CCC[C@@H](C(C)=O)[C@H]1CC[C@H]([C@H]2CC[C@H]([C@@H](CCCCCCCCC[C@@H](C)CCC3=C[C@H](C)OC3=O)C(C)=O)O2)O1)C(C)=O. The Balaban J connectivity index is 1.29. The van der Waals surface area contributed by atoms with Crippen molar-refractivity contribution in [2.75, 3.05) is 0 Å². The summed E-state index contributed by atoms with van der Waals surface area (Å²) in [7, 11) is 0. The minimum absolute atomic E-state index is 0.00222. The zero-order chi connectivity index (χ0) is 37.2. The maximum Gasteiger partial charge on any atom is 0.334 e. The van der Waals surface area contributed by atoms with Crippen LogP contribution in [0.5, 0.6) is 0 Å². The van der Waals surface area contributed by atoms with Crippen LogP contribution in [0.3, 0.4) is 0 Å². The van der Waals surface area contributed by atoms with E-state index in [0.29, 0.717) is 5.92 Å². The first kappa shape index (κ1) is 43.5. The molecule has 0 spiro atoms. The van der Waals surface area contributed by atoms with Gasteiger partial charge in [-0.3, -0.25) is 14.4 Å². The van der Waals surface area contributed by atoms with Crippen molar-refractivity contribution in [3.05, 3.63) is 11.6 Å². The number of hydrogen-bond donors (Lipinski definition) is 0. The predicted molar refractivity (Wildman–Crippen MR) is 205 cm³/mol. The van der Waals surface area contributed by atoms with E-state index in [2.05, 4.69) is 13.8 Å². The van der Waals surface area contributed by atoms with E-state index >= 15 is 0 Å². The fourth-order valence-corrected chi connectivity index (χ4v) is 8.87. The van der Waals surface area contributed by atoms with Gasteiger partial charge in [-0.25, -0.2) is 4.79 Å². The zero-order valence-electron chi connectivity index (χ0n) is 33.4. The Hall–Kier alpha value is -1.86. The molecule has 0 aliphatic carbocycles. The van der Waals surface area contributed by atoms with E-state index in [1.807, 2.05) is 13.0 Å². The molecule has 3 aliphatic heterocycles. The van der Waals surface area contributed by atoms with Gasteiger partial charge in [0.15, 0.2) is 0 Å². The van der Waals surface area contributed by atoms with E-state index < -0.39 is 0 Å². The molecule has 3 aliphatic rings. The molecule has 292 valence electrons. The van der Waals surface area contributed by atoms with Gasteiger partial charge >= 0.3 is 5.97 Å². The second-order valence-corrected chi connectivity index (χ2v) is 16.6. The number of unbranched alkanes of at least 4 members (excludes halogenated alkanes) is 9. The highest BCUT2D eigenvalue weighted by molar-refractivity contribution is 5.90. The van der Waals surface area contributed by atoms with Gasteiger partial charge in [0.2, 0.25) is 0 Å². The number of cyclic esters (lactones) is 1. The minimum Gasteiger partial charge on any atom is -0.455 e. The van der Waals surface area contributed by atoms with Crippen LogP contribution in [0.15, 0.2) is 11.6 Å². The number of ketones is 3. The van der Waals surface area contributed by atoms with Crippen LogP contribution in [0.4, 0.5) is 0 Å². The first-order valence-corrected chi connectivity index (χ1v) is 21.2. The predicted octanol–water partition coefficient (Wildman–Crippen LogP) is 10.6. The Morgan fingerprint density at radius 1 is 0.647 bits per heavy atom. The fraction of sp³-hybridized carbons (Fsp3) is 0.864. The summed E-state index contributed by atoms with van der Waals surface area (Å²) in [6.45, 7) is 11.5. The lowest BCUT2D eigenvalue weighted by Crippen LogP contribution is -2.33. The van der Waals surface area contributed by atoms with Gasteiger partial charge in [-0.2, -0.15) is 0 Å². The fourth-order valence-electron chi connectivity index (χ4n) is 8.87. The summed E-state index contributed by atoms with van der Waals surface area (Å²) >= 11 is 0. The van der Waals surface area contributed by atoms with E-state index in [0.717, 1.165) is 95.5 Å². The maximum atomic E-state index is 12.7. The van der Waals surface area contributed by atoms with Crippen molar-refractivity contribution < 1.29 is 33.4 Å². The third kappa shape index (κ3) is 15.6. The minimum atomic E-state index is -0.132. The molecule has 0 unspecified atom stereocenters. The van der Waals surface area contributed by atoms with Gasteiger partial charge in [-0.05, 0) is 104 Å². The Morgan fingerprint density at radius 3 is 1.65 bits per heavy atom. The third-order valence-electron chi connectivity index (χ3n) is 12.2. The standard InChI is InChI=1S/C44H74O7/c1-7-8-9-16-20-36(33(4)45)21-18-23-39(35(6)47)41-27-29-43(51-41)42-28-26-40(50-42)38(34(5)46)22-17-14-12-10-11-13-15-19-31(2)24-25-37-30-32(3)49-44(37)48/h30-32,36,38-43H,7-29H2,1-6H3/t31-,32+,36+,38+,39+,40-,41-,42-,43-/m1/s1. The average molecular weight is 715 g/mol. The number of rotatable bonds is 28. The molecule has 0 aromatic heterocycles. The Bertz CT molecular complexity index is 1100. The summed E-state index contributed by atoms with van der Waals surface area (Å²) in [4.78, 5) is 49.5. The Kier molecular flexibility index (Phi) is 20.3. The molecule has 0 saturated carbocycles. The van der Waals surface area contributed by atoms with E-state index in [1.54, 1.807) is 20.8 Å². The molecule has 2 fully saturated rings. The molecule has 9 atom stereocenters. The highest BCUT2D eigenvalue weighted by Gasteiger charge is 2.42. The monoisotopic (exact) mass is 715 g/mol. The highest BCUT2D eigenvalue weighted by Crippen LogP contribution is 2.38. The van der Waals surface area contributed by atoms with Crippen LogP contribution in [0.2, 0.25) is 0 Å². The van der Waals surface area contributed by atoms with E-state index in [4.69, 9.17) is 14.2 Å². The van der Waals surface area contributed by atoms with Crippen LogP contribution >= 0.6 is 0 Å². The topological polar surface area (TPSA) is 96.0 Å². The van der Waals surface area contributed by atoms with Crippen LogP contribution in [0.25, 0.3) is 0 Å². The first-order chi connectivity index (χ1) is 24.5. The van der Waals surface area contributed by atoms with Crippen molar-refractivity contribution in [3.8, 4) is 0 Å². The molecule has 0 aromatic carbocycles. The Morgan fingerprint density at radius 2 is 1.14 bits per heavy atom. The normalized spacial score (nSPS) is 25.7. The van der Waals surface area contributed by atoms with E-state index in [9.17, 15) is 19.2 Å². The van der Waals surface area contributed by atoms with Gasteiger partial charge in [-0.15, -0.1) is 0 Å². The molecule has 51 heavy (non-hydrogen) atoms. The number of carbonyl (C=O) groups is 4. The quantitative estimate of drug-likeness (QED) is 0.0588. The van der Waals surface area contributed by atoms with Crippen LogP contribution in [-0.2, 0) is 33.4 Å². The second-order valence-electron chi connectivity index (χ2n) is 16.6. The van der Waals surface area contributed by atoms with E-state index in [1.165, 1.54) is 57.8 Å². The van der Waals surface area contributed by atoms with Gasteiger partial charge in [0.25, 0.3) is 0 Å². The van der Waals surface area contributed by atoms with Crippen LogP contribution in [0.1, 0.15) is 189 Å². The largest absolute Gasteiger partial charge is 0.455 e. The number of hydrogen-bond acceptors (Lipinski definition) is 7. The molecule has 3 heterocycles. The van der Waals surface area contributed by atoms with E-state index in [-0.39, 0.29) is 71.6 Å². The average Bonchev–Trinajstić information content (AvgIpc) is 3.83. The van der Waals surface area contributed by atoms with Crippen molar-refractivity contribution in [2.45, 2.75) is 220 Å². The molecule has 0 bridgehead atoms. The lowest BCUT2D eigenvalue weighted by molar-refractivity contribution is -0.139. The van der Waals surface area contributed by atoms with Gasteiger partial charge < -0.3 is 14.2 Å². The summed E-state index contributed by atoms with van der Waals surface area (Å²) in [6.07, 6.45) is 26.0. The molecular formula is C44H74O7. The third-order valence-corrected chi connectivity index (χ3v) is 12.2. The lowest BCUT2D eigenvalue weighted by atomic mass is 9.86. The lowest BCUT2D eigenvalue weighted by Gasteiger charge is -2.26. The van der Waals surface area contributed by atoms with Crippen molar-refractivity contribution in [2.24, 2.45) is 23.7 Å². The molecule has 7 nitrogen and oxygen atoms in total. The van der Waals surface area contributed by atoms with Crippen LogP contribution in [-0.4, -0.2) is 53.8 Å². The van der Waals surface area contributed by atoms with Gasteiger partial charge in [0.05, 0.1) is 24.4 Å². The van der Waals surface area contributed by atoms with Gasteiger partial charge in [-0.1, -0.05) is 97.3 Å². The highest BCUT2D eigenvalue weighted by atomic mass is 16.6. The van der Waals surface area contributed by atoms with Gasteiger partial charge in [0.1, 0.15) is 23.5 Å². The number of Topliss-reactive ketones (excluding diaryl/α,β-unsaturated/α-hetero) is 3. The molecule has 0 radical (unpaired) electrons. The summed E-state index contributed by atoms with van der Waals surface area (Å²) in [5.41, 5.74) is 0.854. The number of ether oxygens (including phenoxy) is 3. The molecule has 0 N–H and O–H groups in total. The second kappa shape index (κ2) is 23.7. The summed E-state index contributed by atoms with van der Waals surface area (Å²) < 4.78 is 18.3. The molecule has 7 heteroatoms. The van der Waals surface area contributed by atoms with Crippen molar-refractivity contribution in [3.63, 3.8) is 0 Å².